The van der Waals surface area contributed by atoms with Gasteiger partial charge in [0.1, 0.15) is 5.75 Å². The zero-order valence-electron chi connectivity index (χ0n) is 8.49. The number of hydrogen-bond acceptors (Lipinski definition) is 3. The fourth-order valence-corrected chi connectivity index (χ4v) is 1.42. The van der Waals surface area contributed by atoms with Crippen molar-refractivity contribution in [3.8, 4) is 5.75 Å². The van der Waals surface area contributed by atoms with Crippen LogP contribution >= 0.6 is 0 Å². The van der Waals surface area contributed by atoms with Crippen LogP contribution in [0.3, 0.4) is 0 Å². The molecular weight excluding hydrogens is 176 g/mol. The molecule has 1 aromatic rings. The minimum Gasteiger partial charge on any atom is -0.495 e. The van der Waals surface area contributed by atoms with Gasteiger partial charge >= 0.3 is 0 Å². The highest BCUT2D eigenvalue weighted by Gasteiger charge is 2.19. The number of nitrogens with one attached hydrogen (secondary N) is 1. The lowest BCUT2D eigenvalue weighted by atomic mass is 10.2. The standard InChI is InChI=1S/C11H16N2O/c1-14-11-6-9(7-12-8-11)4-5-13-10-2-3-10/h6-8,10,13H,2-5H2,1H3. The van der Waals surface area contributed by atoms with E-state index in [9.17, 15) is 0 Å². The number of nitrogens with zero attached hydrogens (tertiary/aromatic N) is 1. The second kappa shape index (κ2) is 4.42. The summed E-state index contributed by atoms with van der Waals surface area (Å²) in [5, 5.41) is 3.47. The number of methoxy groups -OCH3 is 1. The van der Waals surface area contributed by atoms with Crippen LogP contribution in [0.25, 0.3) is 0 Å². The van der Waals surface area contributed by atoms with Crippen molar-refractivity contribution in [2.45, 2.75) is 25.3 Å². The lowest BCUT2D eigenvalue weighted by molar-refractivity contribution is 0.412. The van der Waals surface area contributed by atoms with E-state index in [0.717, 1.165) is 24.8 Å². The van der Waals surface area contributed by atoms with Crippen LogP contribution in [0.1, 0.15) is 18.4 Å². The Balaban J connectivity index is 1.81. The van der Waals surface area contributed by atoms with Gasteiger partial charge in [-0.1, -0.05) is 0 Å². The van der Waals surface area contributed by atoms with Crippen LogP contribution in [0.5, 0.6) is 5.75 Å². The molecule has 0 spiro atoms. The summed E-state index contributed by atoms with van der Waals surface area (Å²) < 4.78 is 5.11. The van der Waals surface area contributed by atoms with Crippen LogP contribution in [0.15, 0.2) is 18.5 Å². The third-order valence-electron chi connectivity index (χ3n) is 2.43. The minimum atomic E-state index is 0.786. The second-order valence-electron chi connectivity index (χ2n) is 3.71. The van der Waals surface area contributed by atoms with Crippen molar-refractivity contribution >= 4 is 0 Å². The van der Waals surface area contributed by atoms with Gasteiger partial charge in [0, 0.05) is 12.2 Å². The van der Waals surface area contributed by atoms with Gasteiger partial charge in [0.05, 0.1) is 13.3 Å². The van der Waals surface area contributed by atoms with E-state index >= 15 is 0 Å². The fraction of sp³-hybridized carbons (Fsp3) is 0.545. The zero-order chi connectivity index (χ0) is 9.80. The Morgan fingerprint density at radius 3 is 3.07 bits per heavy atom. The molecule has 1 N–H and O–H groups in total. The number of pyridine rings is 1. The SMILES string of the molecule is COc1cncc(CCNC2CC2)c1. The molecule has 1 aliphatic carbocycles. The monoisotopic (exact) mass is 192 g/mol. The first-order chi connectivity index (χ1) is 6.88. The summed E-state index contributed by atoms with van der Waals surface area (Å²) >= 11 is 0. The Hall–Kier alpha value is -1.09. The molecule has 14 heavy (non-hydrogen) atoms. The summed E-state index contributed by atoms with van der Waals surface area (Å²) in [4.78, 5) is 4.12. The van der Waals surface area contributed by atoms with Crippen molar-refractivity contribution in [1.82, 2.24) is 10.3 Å². The number of ether oxygens (including phenoxy) is 1. The van der Waals surface area contributed by atoms with Crippen molar-refractivity contribution in [3.63, 3.8) is 0 Å². The van der Waals surface area contributed by atoms with Gasteiger partial charge in [-0.05, 0) is 37.4 Å². The molecule has 3 nitrogen and oxygen atoms in total. The first-order valence-electron chi connectivity index (χ1n) is 5.10. The zero-order valence-corrected chi connectivity index (χ0v) is 8.49. The van der Waals surface area contributed by atoms with Gasteiger partial charge < -0.3 is 10.1 Å². The van der Waals surface area contributed by atoms with Crippen LogP contribution < -0.4 is 10.1 Å². The third kappa shape index (κ3) is 2.70. The molecule has 1 heterocycles. The predicted molar refractivity (Wildman–Crippen MR) is 55.5 cm³/mol. The Morgan fingerprint density at radius 1 is 1.50 bits per heavy atom. The lowest BCUT2D eigenvalue weighted by Crippen LogP contribution is -2.19. The molecule has 2 rings (SSSR count). The van der Waals surface area contributed by atoms with Crippen molar-refractivity contribution in [1.29, 1.82) is 0 Å². The van der Waals surface area contributed by atoms with E-state index in [0.29, 0.717) is 0 Å². The summed E-state index contributed by atoms with van der Waals surface area (Å²) in [6.45, 7) is 1.04. The highest BCUT2D eigenvalue weighted by Crippen LogP contribution is 2.18. The second-order valence-corrected chi connectivity index (χ2v) is 3.71. The summed E-state index contributed by atoms with van der Waals surface area (Å²) in [5.74, 6) is 0.842. The molecule has 0 bridgehead atoms. The lowest BCUT2D eigenvalue weighted by Gasteiger charge is -2.04. The summed E-state index contributed by atoms with van der Waals surface area (Å²) in [6.07, 6.45) is 7.35. The summed E-state index contributed by atoms with van der Waals surface area (Å²) in [6, 6.07) is 2.83. The minimum absolute atomic E-state index is 0.786. The van der Waals surface area contributed by atoms with E-state index in [2.05, 4.69) is 10.3 Å². The number of hydrogen-bond donors (Lipinski definition) is 1. The van der Waals surface area contributed by atoms with Crippen LogP contribution in [0.4, 0.5) is 0 Å². The molecule has 0 amide bonds. The number of aromatic nitrogens is 1. The molecule has 0 aromatic carbocycles. The number of rotatable bonds is 5. The van der Waals surface area contributed by atoms with E-state index < -0.39 is 0 Å². The average molecular weight is 192 g/mol. The molecule has 0 saturated heterocycles. The van der Waals surface area contributed by atoms with Crippen LogP contribution in [0.2, 0.25) is 0 Å². The van der Waals surface area contributed by atoms with Gasteiger partial charge in [0.2, 0.25) is 0 Å². The topological polar surface area (TPSA) is 34.1 Å². The highest BCUT2D eigenvalue weighted by atomic mass is 16.5. The van der Waals surface area contributed by atoms with Crippen molar-refractivity contribution < 1.29 is 4.74 Å². The van der Waals surface area contributed by atoms with Crippen molar-refractivity contribution in [3.05, 3.63) is 24.0 Å². The summed E-state index contributed by atoms with van der Waals surface area (Å²) in [7, 11) is 1.67. The quantitative estimate of drug-likeness (QED) is 0.765. The van der Waals surface area contributed by atoms with E-state index in [1.165, 1.54) is 18.4 Å². The van der Waals surface area contributed by atoms with E-state index in [1.54, 1.807) is 13.3 Å². The predicted octanol–water partition coefficient (Wildman–Crippen LogP) is 1.38. The van der Waals surface area contributed by atoms with Gasteiger partial charge in [-0.3, -0.25) is 4.98 Å². The molecule has 76 valence electrons. The van der Waals surface area contributed by atoms with Crippen LogP contribution in [0, 0.1) is 0 Å². The molecule has 0 atom stereocenters. The Kier molecular flexibility index (Phi) is 2.99. The normalized spacial score (nSPS) is 15.5. The van der Waals surface area contributed by atoms with E-state index in [-0.39, 0.29) is 0 Å². The van der Waals surface area contributed by atoms with Crippen LogP contribution in [-0.2, 0) is 6.42 Å². The van der Waals surface area contributed by atoms with Crippen molar-refractivity contribution in [2.24, 2.45) is 0 Å². The molecule has 0 aliphatic heterocycles. The van der Waals surface area contributed by atoms with Gasteiger partial charge in [-0.15, -0.1) is 0 Å². The van der Waals surface area contributed by atoms with Gasteiger partial charge in [0.25, 0.3) is 0 Å². The average Bonchev–Trinajstić information content (AvgIpc) is 3.02. The maximum Gasteiger partial charge on any atom is 0.137 e. The third-order valence-corrected chi connectivity index (χ3v) is 2.43. The summed E-state index contributed by atoms with van der Waals surface area (Å²) in [5.41, 5.74) is 1.23. The largest absolute Gasteiger partial charge is 0.495 e. The molecular formula is C11H16N2O. The first-order valence-corrected chi connectivity index (χ1v) is 5.10. The Bertz CT molecular complexity index is 297. The maximum absolute atomic E-state index is 5.11. The Labute approximate surface area is 84.5 Å². The van der Waals surface area contributed by atoms with Crippen LogP contribution in [-0.4, -0.2) is 24.7 Å². The van der Waals surface area contributed by atoms with Gasteiger partial charge in [-0.2, -0.15) is 0 Å². The van der Waals surface area contributed by atoms with Gasteiger partial charge in [-0.25, -0.2) is 0 Å². The fourth-order valence-electron chi connectivity index (χ4n) is 1.42. The first kappa shape index (κ1) is 9.46. The smallest absolute Gasteiger partial charge is 0.137 e. The molecule has 0 radical (unpaired) electrons. The molecule has 0 unspecified atom stereocenters. The van der Waals surface area contributed by atoms with Gasteiger partial charge in [0.15, 0.2) is 0 Å². The highest BCUT2D eigenvalue weighted by molar-refractivity contribution is 5.23. The molecule has 1 aromatic heterocycles. The maximum atomic E-state index is 5.11. The van der Waals surface area contributed by atoms with E-state index in [1.807, 2.05) is 12.3 Å². The van der Waals surface area contributed by atoms with E-state index in [4.69, 9.17) is 4.74 Å². The molecule has 1 saturated carbocycles. The van der Waals surface area contributed by atoms with Crippen molar-refractivity contribution in [2.75, 3.05) is 13.7 Å². The molecule has 1 fully saturated rings. The molecule has 1 aliphatic rings. The Morgan fingerprint density at radius 2 is 2.36 bits per heavy atom. The molecule has 3 heteroatoms.